The summed E-state index contributed by atoms with van der Waals surface area (Å²) >= 11 is 3.42. The van der Waals surface area contributed by atoms with Crippen LogP contribution >= 0.6 is 15.9 Å². The fraction of sp³-hybridized carbons (Fsp3) is 0.462. The molecule has 17 heavy (non-hydrogen) atoms. The topological polar surface area (TPSA) is 29.4 Å². The van der Waals surface area contributed by atoms with E-state index in [4.69, 9.17) is 0 Å². The third-order valence-corrected chi connectivity index (χ3v) is 4.46. The summed E-state index contributed by atoms with van der Waals surface area (Å²) in [4.78, 5) is 14.5. The van der Waals surface area contributed by atoms with Crippen molar-refractivity contribution < 1.29 is 9.18 Å². The van der Waals surface area contributed by atoms with Gasteiger partial charge in [-0.1, -0.05) is 34.8 Å². The summed E-state index contributed by atoms with van der Waals surface area (Å²) < 4.78 is 14.8. The van der Waals surface area contributed by atoms with Crippen molar-refractivity contribution in [2.24, 2.45) is 4.99 Å². The van der Waals surface area contributed by atoms with Gasteiger partial charge in [-0.2, -0.15) is 4.99 Å². The fourth-order valence-corrected chi connectivity index (χ4v) is 3.24. The molecule has 0 spiro atoms. The average molecular weight is 298 g/mol. The van der Waals surface area contributed by atoms with E-state index < -0.39 is 5.54 Å². The van der Waals surface area contributed by atoms with E-state index in [-0.39, 0.29) is 5.82 Å². The number of benzene rings is 1. The summed E-state index contributed by atoms with van der Waals surface area (Å²) in [5, 5.41) is 0. The van der Waals surface area contributed by atoms with E-state index >= 15 is 0 Å². The van der Waals surface area contributed by atoms with E-state index in [9.17, 15) is 9.18 Å². The molecule has 0 aromatic heterocycles. The summed E-state index contributed by atoms with van der Waals surface area (Å²) in [6.45, 7) is 1.90. The highest BCUT2D eigenvalue weighted by Gasteiger charge is 2.39. The van der Waals surface area contributed by atoms with Crippen LogP contribution in [-0.2, 0) is 10.3 Å². The molecule has 2 rings (SSSR count). The molecule has 0 radical (unpaired) electrons. The molecule has 1 fully saturated rings. The van der Waals surface area contributed by atoms with E-state index in [2.05, 4.69) is 20.9 Å². The van der Waals surface area contributed by atoms with Crippen molar-refractivity contribution in [3.63, 3.8) is 0 Å². The first kappa shape index (κ1) is 12.5. The highest BCUT2D eigenvalue weighted by molar-refractivity contribution is 9.10. The third kappa shape index (κ3) is 2.07. The molecule has 90 valence electrons. The molecule has 0 heterocycles. The maximum absolute atomic E-state index is 14.0. The number of hydrogen-bond donors (Lipinski definition) is 0. The van der Waals surface area contributed by atoms with Crippen molar-refractivity contribution in [2.75, 3.05) is 0 Å². The summed E-state index contributed by atoms with van der Waals surface area (Å²) in [5.41, 5.74) is 0.753. The molecule has 0 saturated heterocycles. The van der Waals surface area contributed by atoms with Gasteiger partial charge in [-0.05, 0) is 31.4 Å². The maximum atomic E-state index is 14.0. The lowest BCUT2D eigenvalue weighted by atomic mass is 9.87. The van der Waals surface area contributed by atoms with Crippen LogP contribution in [0, 0.1) is 12.7 Å². The first-order valence-corrected chi connectivity index (χ1v) is 6.44. The van der Waals surface area contributed by atoms with Gasteiger partial charge in [0.2, 0.25) is 6.08 Å². The van der Waals surface area contributed by atoms with Crippen molar-refractivity contribution in [2.45, 2.75) is 38.1 Å². The smallest absolute Gasteiger partial charge is 0.211 e. The molecule has 0 bridgehead atoms. The lowest BCUT2D eigenvalue weighted by molar-refractivity contribution is 0.428. The lowest BCUT2D eigenvalue weighted by Crippen LogP contribution is -2.21. The van der Waals surface area contributed by atoms with Crippen LogP contribution in [0.25, 0.3) is 0 Å². The molecule has 0 amide bonds. The van der Waals surface area contributed by atoms with E-state index in [1.165, 1.54) is 6.07 Å². The second-order valence-corrected chi connectivity index (χ2v) is 5.29. The summed E-state index contributed by atoms with van der Waals surface area (Å²) in [6.07, 6.45) is 4.96. The molecule has 1 aromatic rings. The largest absolute Gasteiger partial charge is 0.235 e. The second kappa shape index (κ2) is 4.71. The lowest BCUT2D eigenvalue weighted by Gasteiger charge is -2.25. The first-order valence-electron chi connectivity index (χ1n) is 5.65. The van der Waals surface area contributed by atoms with Crippen LogP contribution in [0.4, 0.5) is 4.39 Å². The summed E-state index contributed by atoms with van der Waals surface area (Å²) in [7, 11) is 0. The number of halogens is 2. The fourth-order valence-electron chi connectivity index (χ4n) is 2.55. The number of nitrogens with zero attached hydrogens (tertiary/aromatic N) is 1. The monoisotopic (exact) mass is 297 g/mol. The van der Waals surface area contributed by atoms with Gasteiger partial charge in [0.15, 0.2) is 0 Å². The molecule has 1 aliphatic carbocycles. The molecule has 0 unspecified atom stereocenters. The summed E-state index contributed by atoms with van der Waals surface area (Å²) in [5.74, 6) is -0.302. The van der Waals surface area contributed by atoms with Crippen LogP contribution in [0.5, 0.6) is 0 Å². The number of hydrogen-bond acceptors (Lipinski definition) is 2. The minimum Gasteiger partial charge on any atom is -0.211 e. The van der Waals surface area contributed by atoms with Gasteiger partial charge in [0, 0.05) is 10.0 Å². The quantitative estimate of drug-likeness (QED) is 0.599. The Labute approximate surface area is 108 Å². The predicted octanol–water partition coefficient (Wildman–Crippen LogP) is 4.00. The molecule has 0 aliphatic heterocycles. The zero-order valence-corrected chi connectivity index (χ0v) is 11.2. The maximum Gasteiger partial charge on any atom is 0.235 e. The Morgan fingerprint density at radius 1 is 1.41 bits per heavy atom. The number of isocyanates is 1. The molecular weight excluding hydrogens is 285 g/mol. The minimum absolute atomic E-state index is 0.302. The molecule has 0 N–H and O–H groups in total. The zero-order valence-electron chi connectivity index (χ0n) is 9.59. The molecule has 1 saturated carbocycles. The Hall–Kier alpha value is -0.990. The Kier molecular flexibility index (Phi) is 3.45. The highest BCUT2D eigenvalue weighted by atomic mass is 79.9. The van der Waals surface area contributed by atoms with E-state index in [0.29, 0.717) is 18.4 Å². The molecule has 4 heteroatoms. The van der Waals surface area contributed by atoms with E-state index in [0.717, 1.165) is 22.9 Å². The normalized spacial score (nSPS) is 17.8. The predicted molar refractivity (Wildman–Crippen MR) is 67.1 cm³/mol. The van der Waals surface area contributed by atoms with Crippen LogP contribution in [0.2, 0.25) is 0 Å². The summed E-state index contributed by atoms with van der Waals surface area (Å²) in [6, 6.07) is 3.16. The average Bonchev–Trinajstić information content (AvgIpc) is 2.74. The van der Waals surface area contributed by atoms with Crippen molar-refractivity contribution in [3.8, 4) is 0 Å². The van der Waals surface area contributed by atoms with Crippen molar-refractivity contribution in [3.05, 3.63) is 33.5 Å². The Morgan fingerprint density at radius 3 is 2.65 bits per heavy atom. The van der Waals surface area contributed by atoms with E-state index in [1.807, 2.05) is 6.92 Å². The van der Waals surface area contributed by atoms with Gasteiger partial charge in [0.05, 0.1) is 0 Å². The standard InChI is InChI=1S/C13H13BrFNO/c1-9-4-5-10(15)11(12(9)14)13(16-8-17)6-2-3-7-13/h4-5H,2-3,6-7H2,1H3. The number of aliphatic imine (C=N–C) groups is 1. The second-order valence-electron chi connectivity index (χ2n) is 4.50. The van der Waals surface area contributed by atoms with Crippen LogP contribution in [0.3, 0.4) is 0 Å². The van der Waals surface area contributed by atoms with Crippen molar-refractivity contribution >= 4 is 22.0 Å². The van der Waals surface area contributed by atoms with Crippen LogP contribution in [0.15, 0.2) is 21.6 Å². The van der Waals surface area contributed by atoms with Crippen molar-refractivity contribution in [1.29, 1.82) is 0 Å². The zero-order chi connectivity index (χ0) is 12.5. The van der Waals surface area contributed by atoms with Gasteiger partial charge >= 0.3 is 0 Å². The Bertz CT molecular complexity index is 488. The van der Waals surface area contributed by atoms with Gasteiger partial charge in [-0.15, -0.1) is 0 Å². The van der Waals surface area contributed by atoms with Gasteiger partial charge in [0.25, 0.3) is 0 Å². The highest BCUT2D eigenvalue weighted by Crippen LogP contribution is 2.46. The number of aryl methyl sites for hydroxylation is 1. The van der Waals surface area contributed by atoms with Crippen molar-refractivity contribution in [1.82, 2.24) is 0 Å². The third-order valence-electron chi connectivity index (χ3n) is 3.44. The molecule has 0 atom stereocenters. The van der Waals surface area contributed by atoms with Gasteiger partial charge in [-0.3, -0.25) is 0 Å². The van der Waals surface area contributed by atoms with Crippen LogP contribution in [0.1, 0.15) is 36.8 Å². The SMILES string of the molecule is Cc1ccc(F)c(C2(N=C=O)CCCC2)c1Br. The molecule has 1 aliphatic rings. The Morgan fingerprint density at radius 2 is 2.06 bits per heavy atom. The van der Waals surface area contributed by atoms with Gasteiger partial charge in [0.1, 0.15) is 11.4 Å². The van der Waals surface area contributed by atoms with Gasteiger partial charge in [-0.25, -0.2) is 9.18 Å². The van der Waals surface area contributed by atoms with Crippen LogP contribution in [-0.4, -0.2) is 6.08 Å². The molecular formula is C13H13BrFNO. The first-order chi connectivity index (χ1) is 8.10. The number of rotatable bonds is 2. The Balaban J connectivity index is 2.65. The molecule has 1 aromatic carbocycles. The van der Waals surface area contributed by atoms with Crippen LogP contribution < -0.4 is 0 Å². The van der Waals surface area contributed by atoms with Gasteiger partial charge < -0.3 is 0 Å². The number of carbonyl (C=O) groups excluding carboxylic acids is 1. The molecule has 2 nitrogen and oxygen atoms in total. The minimum atomic E-state index is -0.712. The van der Waals surface area contributed by atoms with E-state index in [1.54, 1.807) is 12.1 Å².